The smallest absolute Gasteiger partial charge is 0.225 e. The van der Waals surface area contributed by atoms with Gasteiger partial charge < -0.3 is 10.2 Å². The van der Waals surface area contributed by atoms with E-state index < -0.39 is 0 Å². The first-order chi connectivity index (χ1) is 6.33. The summed E-state index contributed by atoms with van der Waals surface area (Å²) in [5.41, 5.74) is 0.0526. The molecule has 3 nitrogen and oxygen atoms in total. The molecule has 0 bridgehead atoms. The van der Waals surface area contributed by atoms with E-state index in [1.54, 1.807) is 0 Å². The zero-order valence-electron chi connectivity index (χ0n) is 9.92. The Kier molecular flexibility index (Phi) is 3.20. The van der Waals surface area contributed by atoms with Crippen molar-refractivity contribution >= 4 is 5.91 Å². The second kappa shape index (κ2) is 3.89. The number of nitrogens with zero attached hydrogens (tertiary/aromatic N) is 1. The van der Waals surface area contributed by atoms with Gasteiger partial charge in [-0.3, -0.25) is 4.79 Å². The molecule has 1 aliphatic heterocycles. The highest BCUT2D eigenvalue weighted by molar-refractivity contribution is 5.78. The molecule has 1 saturated heterocycles. The molecular formula is C11H22N2O. The molecule has 14 heavy (non-hydrogen) atoms. The number of hydrogen-bond acceptors (Lipinski definition) is 2. The number of rotatable bonds is 1. The van der Waals surface area contributed by atoms with Crippen LogP contribution in [-0.2, 0) is 4.79 Å². The summed E-state index contributed by atoms with van der Waals surface area (Å²) in [6.07, 6.45) is 0. The monoisotopic (exact) mass is 198 g/mol. The number of piperazine rings is 1. The van der Waals surface area contributed by atoms with E-state index in [9.17, 15) is 4.79 Å². The van der Waals surface area contributed by atoms with E-state index in [0.717, 1.165) is 13.1 Å². The van der Waals surface area contributed by atoms with Crippen LogP contribution in [0.25, 0.3) is 0 Å². The van der Waals surface area contributed by atoms with Crippen molar-refractivity contribution in [2.75, 3.05) is 13.1 Å². The van der Waals surface area contributed by atoms with Crippen molar-refractivity contribution in [3.05, 3.63) is 0 Å². The summed E-state index contributed by atoms with van der Waals surface area (Å²) in [5.74, 6) is 0.374. The van der Waals surface area contributed by atoms with Gasteiger partial charge in [0.1, 0.15) is 0 Å². The first-order valence-electron chi connectivity index (χ1n) is 5.39. The van der Waals surface area contributed by atoms with E-state index in [0.29, 0.717) is 6.04 Å². The van der Waals surface area contributed by atoms with E-state index in [-0.39, 0.29) is 17.4 Å². The number of carbonyl (C=O) groups is 1. The minimum Gasteiger partial charge on any atom is -0.337 e. The van der Waals surface area contributed by atoms with Crippen LogP contribution in [0, 0.1) is 5.92 Å². The predicted octanol–water partition coefficient (Wildman–Crippen LogP) is 1.24. The Morgan fingerprint density at radius 1 is 1.50 bits per heavy atom. The van der Waals surface area contributed by atoms with Crippen LogP contribution < -0.4 is 5.32 Å². The maximum atomic E-state index is 11.9. The fourth-order valence-corrected chi connectivity index (χ4v) is 1.80. The van der Waals surface area contributed by atoms with E-state index >= 15 is 0 Å². The van der Waals surface area contributed by atoms with Gasteiger partial charge in [-0.2, -0.15) is 0 Å². The van der Waals surface area contributed by atoms with Gasteiger partial charge in [0.2, 0.25) is 5.91 Å². The van der Waals surface area contributed by atoms with Crippen molar-refractivity contribution in [3.63, 3.8) is 0 Å². The molecule has 0 aromatic rings. The van der Waals surface area contributed by atoms with Gasteiger partial charge in [0, 0.05) is 30.6 Å². The molecule has 0 spiro atoms. The molecular weight excluding hydrogens is 176 g/mol. The van der Waals surface area contributed by atoms with Crippen molar-refractivity contribution < 1.29 is 4.79 Å². The molecule has 1 amide bonds. The number of amides is 1. The molecule has 0 aliphatic carbocycles. The first-order valence-corrected chi connectivity index (χ1v) is 5.39. The molecule has 82 valence electrons. The van der Waals surface area contributed by atoms with Crippen molar-refractivity contribution in [3.8, 4) is 0 Å². The van der Waals surface area contributed by atoms with Crippen LogP contribution in [-0.4, -0.2) is 35.5 Å². The molecule has 1 aliphatic rings. The summed E-state index contributed by atoms with van der Waals surface area (Å²) >= 11 is 0. The zero-order chi connectivity index (χ0) is 10.9. The maximum Gasteiger partial charge on any atom is 0.225 e. The van der Waals surface area contributed by atoms with Crippen LogP contribution in [0.4, 0.5) is 0 Å². The minimum atomic E-state index is 0.0526. The molecule has 1 atom stereocenters. The lowest BCUT2D eigenvalue weighted by Crippen LogP contribution is -2.62. The van der Waals surface area contributed by atoms with Crippen molar-refractivity contribution in [1.29, 1.82) is 0 Å². The van der Waals surface area contributed by atoms with Gasteiger partial charge in [0.25, 0.3) is 0 Å². The molecule has 1 unspecified atom stereocenters. The van der Waals surface area contributed by atoms with E-state index in [1.807, 2.05) is 18.7 Å². The van der Waals surface area contributed by atoms with E-state index in [2.05, 4.69) is 26.1 Å². The summed E-state index contributed by atoms with van der Waals surface area (Å²) in [4.78, 5) is 13.9. The van der Waals surface area contributed by atoms with Crippen molar-refractivity contribution in [1.82, 2.24) is 10.2 Å². The van der Waals surface area contributed by atoms with Crippen LogP contribution in [0.3, 0.4) is 0 Å². The molecule has 0 radical (unpaired) electrons. The largest absolute Gasteiger partial charge is 0.337 e. The fourth-order valence-electron chi connectivity index (χ4n) is 1.80. The zero-order valence-corrected chi connectivity index (χ0v) is 9.92. The average Bonchev–Trinajstić information content (AvgIpc) is 2.08. The number of nitrogens with one attached hydrogen (secondary N) is 1. The number of hydrogen-bond donors (Lipinski definition) is 1. The molecule has 1 heterocycles. The molecule has 1 N–H and O–H groups in total. The van der Waals surface area contributed by atoms with Gasteiger partial charge in [-0.05, 0) is 20.8 Å². The van der Waals surface area contributed by atoms with Crippen LogP contribution in [0.5, 0.6) is 0 Å². The SMILES string of the molecule is CC(C)C(=O)N1CC(C)(C)NCC1C. The fraction of sp³-hybridized carbons (Fsp3) is 0.909. The predicted molar refractivity (Wildman–Crippen MR) is 58.1 cm³/mol. The van der Waals surface area contributed by atoms with Gasteiger partial charge in [-0.15, -0.1) is 0 Å². The summed E-state index contributed by atoms with van der Waals surface area (Å²) in [6, 6.07) is 0.318. The summed E-state index contributed by atoms with van der Waals surface area (Å²) < 4.78 is 0. The Bertz CT molecular complexity index is 223. The molecule has 3 heteroatoms. The van der Waals surface area contributed by atoms with Crippen molar-refractivity contribution in [2.45, 2.75) is 46.2 Å². The topological polar surface area (TPSA) is 32.3 Å². The lowest BCUT2D eigenvalue weighted by Gasteiger charge is -2.44. The number of carbonyl (C=O) groups excluding carboxylic acids is 1. The molecule has 0 saturated carbocycles. The second-order valence-electron chi connectivity index (χ2n) is 5.23. The molecule has 0 aromatic carbocycles. The normalized spacial score (nSPS) is 26.7. The average molecular weight is 198 g/mol. The highest BCUT2D eigenvalue weighted by Crippen LogP contribution is 2.17. The van der Waals surface area contributed by atoms with Crippen LogP contribution in [0.2, 0.25) is 0 Å². The van der Waals surface area contributed by atoms with Gasteiger partial charge >= 0.3 is 0 Å². The van der Waals surface area contributed by atoms with Crippen LogP contribution in [0.1, 0.15) is 34.6 Å². The lowest BCUT2D eigenvalue weighted by atomic mass is 9.98. The Morgan fingerprint density at radius 3 is 2.57 bits per heavy atom. The van der Waals surface area contributed by atoms with Gasteiger partial charge in [-0.1, -0.05) is 13.8 Å². The molecule has 1 rings (SSSR count). The molecule has 1 fully saturated rings. The van der Waals surface area contributed by atoms with E-state index in [4.69, 9.17) is 0 Å². The standard InChI is InChI=1S/C11H22N2O/c1-8(2)10(14)13-7-11(4,5)12-6-9(13)3/h8-9,12H,6-7H2,1-5H3. The van der Waals surface area contributed by atoms with Crippen LogP contribution >= 0.6 is 0 Å². The quantitative estimate of drug-likeness (QED) is 0.687. The lowest BCUT2D eigenvalue weighted by molar-refractivity contribution is -0.139. The van der Waals surface area contributed by atoms with E-state index in [1.165, 1.54) is 0 Å². The van der Waals surface area contributed by atoms with Gasteiger partial charge in [0.15, 0.2) is 0 Å². The maximum absolute atomic E-state index is 11.9. The minimum absolute atomic E-state index is 0.0526. The highest BCUT2D eigenvalue weighted by atomic mass is 16.2. The Labute approximate surface area is 86.9 Å². The third-order valence-electron chi connectivity index (χ3n) is 2.75. The first kappa shape index (κ1) is 11.5. The van der Waals surface area contributed by atoms with Gasteiger partial charge in [-0.25, -0.2) is 0 Å². The van der Waals surface area contributed by atoms with Gasteiger partial charge in [0.05, 0.1) is 0 Å². The Hall–Kier alpha value is -0.570. The summed E-state index contributed by atoms with van der Waals surface area (Å²) in [7, 11) is 0. The summed E-state index contributed by atoms with van der Waals surface area (Å²) in [6.45, 7) is 12.0. The summed E-state index contributed by atoms with van der Waals surface area (Å²) in [5, 5.41) is 3.44. The second-order valence-corrected chi connectivity index (χ2v) is 5.23. The third-order valence-corrected chi connectivity index (χ3v) is 2.75. The van der Waals surface area contributed by atoms with Crippen LogP contribution in [0.15, 0.2) is 0 Å². The Morgan fingerprint density at radius 2 is 2.07 bits per heavy atom. The van der Waals surface area contributed by atoms with Crippen molar-refractivity contribution in [2.24, 2.45) is 5.92 Å². The highest BCUT2D eigenvalue weighted by Gasteiger charge is 2.33. The molecule has 0 aromatic heterocycles. The Balaban J connectivity index is 2.71. The third kappa shape index (κ3) is 2.47.